The van der Waals surface area contributed by atoms with E-state index in [0.29, 0.717) is 6.07 Å². The Labute approximate surface area is 156 Å². The van der Waals surface area contributed by atoms with Gasteiger partial charge in [-0.25, -0.2) is 17.6 Å². The predicted molar refractivity (Wildman–Crippen MR) is 95.5 cm³/mol. The van der Waals surface area contributed by atoms with Gasteiger partial charge < -0.3 is 5.11 Å². The molecule has 3 nitrogen and oxygen atoms in total. The van der Waals surface area contributed by atoms with Crippen molar-refractivity contribution in [2.24, 2.45) is 0 Å². The highest BCUT2D eigenvalue weighted by Crippen LogP contribution is 2.47. The van der Waals surface area contributed by atoms with Crippen molar-refractivity contribution in [1.82, 2.24) is 4.72 Å². The summed E-state index contributed by atoms with van der Waals surface area (Å²) < 4.78 is 69.9. The summed E-state index contributed by atoms with van der Waals surface area (Å²) in [7, 11) is 0. The highest BCUT2D eigenvalue weighted by atomic mass is 79.9. The van der Waals surface area contributed by atoms with Crippen molar-refractivity contribution in [1.29, 1.82) is 0 Å². The van der Waals surface area contributed by atoms with Gasteiger partial charge in [0.15, 0.2) is 10.3 Å². The summed E-state index contributed by atoms with van der Waals surface area (Å²) in [5.41, 5.74) is -5.65. The van der Waals surface area contributed by atoms with E-state index in [1.807, 2.05) is 0 Å². The van der Waals surface area contributed by atoms with Gasteiger partial charge in [-0.05, 0) is 63.5 Å². The van der Waals surface area contributed by atoms with Gasteiger partial charge in [0.05, 0.1) is 4.47 Å². The Bertz CT molecular complexity index is 646. The molecule has 0 aromatic heterocycles. The lowest BCUT2D eigenvalue weighted by Crippen LogP contribution is -2.65. The largest absolute Gasteiger partial charge is 0.384 e. The first kappa shape index (κ1) is 22.7. The summed E-state index contributed by atoms with van der Waals surface area (Å²) in [6.45, 7) is 7.58. The molecule has 144 valence electrons. The van der Waals surface area contributed by atoms with Gasteiger partial charge in [-0.1, -0.05) is 4.72 Å². The molecule has 9 heteroatoms. The van der Waals surface area contributed by atoms with Gasteiger partial charge >= 0.3 is 5.92 Å². The fourth-order valence-corrected chi connectivity index (χ4v) is 3.43. The van der Waals surface area contributed by atoms with Crippen molar-refractivity contribution in [3.05, 3.63) is 33.8 Å². The molecular formula is C16H23BrF4NO2S+. The fraction of sp³-hybridized carbons (Fsp3) is 0.625. The van der Waals surface area contributed by atoms with Crippen LogP contribution in [-0.2, 0) is 16.9 Å². The normalized spacial score (nSPS) is 17.3. The number of benzene rings is 1. The maximum absolute atomic E-state index is 15.1. The second kappa shape index (κ2) is 6.99. The minimum atomic E-state index is -3.92. The van der Waals surface area contributed by atoms with Crippen molar-refractivity contribution in [2.75, 3.05) is 0 Å². The van der Waals surface area contributed by atoms with Gasteiger partial charge in [-0.15, -0.1) is 0 Å². The van der Waals surface area contributed by atoms with E-state index in [4.69, 9.17) is 0 Å². The second-order valence-corrected chi connectivity index (χ2v) is 10.4. The molecule has 0 aliphatic carbocycles. The predicted octanol–water partition coefficient (Wildman–Crippen LogP) is 4.74. The highest BCUT2D eigenvalue weighted by molar-refractivity contribution is 9.10. The first-order valence-corrected chi connectivity index (χ1v) is 9.39. The van der Waals surface area contributed by atoms with Crippen molar-refractivity contribution < 1.29 is 27.2 Å². The third-order valence-electron chi connectivity index (χ3n) is 3.83. The summed E-state index contributed by atoms with van der Waals surface area (Å²) in [4.78, 5) is 0. The summed E-state index contributed by atoms with van der Waals surface area (Å²) in [5.74, 6) is -6.09. The molecule has 1 aromatic rings. The maximum atomic E-state index is 15.1. The molecule has 1 rings (SSSR count). The Morgan fingerprint density at radius 2 is 1.48 bits per heavy atom. The third kappa shape index (κ3) is 4.32. The molecule has 0 saturated carbocycles. The van der Waals surface area contributed by atoms with Crippen LogP contribution in [0, 0.1) is 11.6 Å². The number of hydrogen-bond acceptors (Lipinski definition) is 3. The van der Waals surface area contributed by atoms with E-state index in [9.17, 15) is 18.4 Å². The smallest absolute Gasteiger partial charge is 0.301 e. The standard InChI is InChI=1S/C16H23BrF4NO2S/c1-13(2,3)25(24)22-15(6,16(20,21)14(4,5)23)9-7-10(17)12(19)8-11(9)18/h7-8,22-24H,1-6H3/q+1/t15-,25?/m1/s1. The third-order valence-corrected chi connectivity index (χ3v) is 6.20. The number of hydrogen-bond donors (Lipinski definition) is 3. The van der Waals surface area contributed by atoms with Gasteiger partial charge in [0.1, 0.15) is 17.2 Å². The molecule has 1 aromatic carbocycles. The number of halogens is 5. The molecule has 0 saturated heterocycles. The fourth-order valence-electron chi connectivity index (χ4n) is 2.15. The van der Waals surface area contributed by atoms with E-state index < -0.39 is 50.4 Å². The summed E-state index contributed by atoms with van der Waals surface area (Å²) in [6, 6.07) is 1.36. The van der Waals surface area contributed by atoms with Crippen molar-refractivity contribution in [3.8, 4) is 0 Å². The van der Waals surface area contributed by atoms with Crippen LogP contribution in [0.3, 0.4) is 0 Å². The first-order valence-electron chi connectivity index (χ1n) is 7.41. The quantitative estimate of drug-likeness (QED) is 0.346. The SMILES string of the molecule is CC(C)(C)[S+](O)N[C@](C)(c1cc(Br)c(F)cc1F)C(F)(F)C(C)(C)O. The number of nitrogens with one attached hydrogen (secondary N) is 1. The number of alkyl halides is 2. The Morgan fingerprint density at radius 3 is 1.88 bits per heavy atom. The van der Waals surface area contributed by atoms with E-state index in [1.54, 1.807) is 20.8 Å². The summed E-state index contributed by atoms with van der Waals surface area (Å²) in [5, 5.41) is 10.00. The molecule has 25 heavy (non-hydrogen) atoms. The van der Waals surface area contributed by atoms with Crippen LogP contribution in [0.15, 0.2) is 16.6 Å². The van der Waals surface area contributed by atoms with Gasteiger partial charge in [0.25, 0.3) is 0 Å². The Kier molecular flexibility index (Phi) is 6.35. The monoisotopic (exact) mass is 448 g/mol. The van der Waals surface area contributed by atoms with Crippen LogP contribution in [0.25, 0.3) is 0 Å². The average Bonchev–Trinajstić information content (AvgIpc) is 2.40. The van der Waals surface area contributed by atoms with Gasteiger partial charge in [-0.3, -0.25) is 0 Å². The molecule has 0 heterocycles. The minimum Gasteiger partial charge on any atom is -0.384 e. The number of rotatable bonds is 5. The lowest BCUT2D eigenvalue weighted by atomic mass is 9.78. The zero-order valence-electron chi connectivity index (χ0n) is 14.8. The van der Waals surface area contributed by atoms with Crippen molar-refractivity contribution in [2.45, 2.75) is 63.4 Å². The van der Waals surface area contributed by atoms with E-state index in [-0.39, 0.29) is 4.47 Å². The van der Waals surface area contributed by atoms with Crippen LogP contribution in [0.4, 0.5) is 17.6 Å². The molecule has 0 aliphatic heterocycles. The van der Waals surface area contributed by atoms with Gasteiger partial charge in [0.2, 0.25) is 11.4 Å². The molecule has 1 unspecified atom stereocenters. The summed E-state index contributed by atoms with van der Waals surface area (Å²) in [6.07, 6.45) is 0. The van der Waals surface area contributed by atoms with Crippen LogP contribution in [0.5, 0.6) is 0 Å². The first-order chi connectivity index (χ1) is 10.9. The van der Waals surface area contributed by atoms with Crippen molar-refractivity contribution in [3.63, 3.8) is 0 Å². The molecule has 0 aliphatic rings. The molecular weight excluding hydrogens is 426 g/mol. The topological polar surface area (TPSA) is 52.5 Å². The van der Waals surface area contributed by atoms with E-state index in [1.165, 1.54) is 0 Å². The van der Waals surface area contributed by atoms with Crippen molar-refractivity contribution >= 4 is 27.3 Å². The summed E-state index contributed by atoms with van der Waals surface area (Å²) >= 11 is 1.08. The molecule has 0 bridgehead atoms. The Hall–Kier alpha value is -0.350. The van der Waals surface area contributed by atoms with Gasteiger partial charge in [0, 0.05) is 11.6 Å². The van der Waals surface area contributed by atoms with Gasteiger partial charge in [-0.2, -0.15) is 4.55 Å². The Morgan fingerprint density at radius 1 is 1.00 bits per heavy atom. The van der Waals surface area contributed by atoms with E-state index >= 15 is 8.78 Å². The average molecular weight is 449 g/mol. The van der Waals surface area contributed by atoms with Crippen LogP contribution >= 0.6 is 15.9 Å². The zero-order chi connectivity index (χ0) is 20.0. The minimum absolute atomic E-state index is 0.211. The number of aliphatic hydroxyl groups is 1. The lowest BCUT2D eigenvalue weighted by Gasteiger charge is -2.43. The second-order valence-electron chi connectivity index (χ2n) is 7.50. The molecule has 2 atom stereocenters. The highest BCUT2D eigenvalue weighted by Gasteiger charge is 2.65. The van der Waals surface area contributed by atoms with Crippen LogP contribution in [0.2, 0.25) is 0 Å². The molecule has 0 fully saturated rings. The lowest BCUT2D eigenvalue weighted by molar-refractivity contribution is -0.206. The Balaban J connectivity index is 3.68. The van der Waals surface area contributed by atoms with E-state index in [2.05, 4.69) is 20.7 Å². The van der Waals surface area contributed by atoms with Crippen LogP contribution in [-0.4, -0.2) is 25.9 Å². The molecule has 0 spiro atoms. The molecule has 0 radical (unpaired) electrons. The molecule has 0 amide bonds. The maximum Gasteiger partial charge on any atom is 0.301 e. The van der Waals surface area contributed by atoms with Crippen LogP contribution in [0.1, 0.15) is 47.1 Å². The zero-order valence-corrected chi connectivity index (χ0v) is 17.2. The molecule has 3 N–H and O–H groups in total. The van der Waals surface area contributed by atoms with Crippen LogP contribution < -0.4 is 4.72 Å². The van der Waals surface area contributed by atoms with E-state index in [0.717, 1.165) is 26.8 Å².